The highest BCUT2D eigenvalue weighted by atomic mass is 35.5. The Kier molecular flexibility index (Phi) is 10.1. The SMILES string of the molecule is CCC(CN1CC[C@@H](CNC(=O)c2ccc(Cl)c(Cl)c2)N[C@@H](CCN2C(=O)CC(C)(C)C2=O)C1=O)c1ccccc1. The van der Waals surface area contributed by atoms with Crippen molar-refractivity contribution >= 4 is 46.8 Å². The van der Waals surface area contributed by atoms with Gasteiger partial charge in [0, 0.05) is 50.1 Å². The second-order valence-corrected chi connectivity index (χ2v) is 12.4. The lowest BCUT2D eigenvalue weighted by Crippen LogP contribution is -2.50. The summed E-state index contributed by atoms with van der Waals surface area (Å²) in [6.07, 6.45) is 1.97. The van der Waals surface area contributed by atoms with E-state index >= 15 is 0 Å². The van der Waals surface area contributed by atoms with E-state index in [2.05, 4.69) is 29.7 Å². The van der Waals surface area contributed by atoms with Gasteiger partial charge < -0.3 is 15.5 Å². The highest BCUT2D eigenvalue weighted by molar-refractivity contribution is 6.42. The smallest absolute Gasteiger partial charge is 0.251 e. The Bertz CT molecular complexity index is 1290. The molecule has 0 saturated carbocycles. The molecule has 4 rings (SSSR count). The zero-order valence-electron chi connectivity index (χ0n) is 23.8. The molecule has 4 amide bonds. The number of imide groups is 1. The first-order chi connectivity index (χ1) is 19.5. The van der Waals surface area contributed by atoms with Gasteiger partial charge in [-0.3, -0.25) is 24.1 Å². The van der Waals surface area contributed by atoms with Crippen LogP contribution in [0.15, 0.2) is 48.5 Å². The third kappa shape index (κ3) is 7.48. The fourth-order valence-electron chi connectivity index (χ4n) is 5.56. The number of amides is 4. The topological polar surface area (TPSA) is 98.8 Å². The molecule has 3 atom stereocenters. The lowest BCUT2D eigenvalue weighted by Gasteiger charge is -2.29. The average molecular weight is 602 g/mol. The monoisotopic (exact) mass is 600 g/mol. The van der Waals surface area contributed by atoms with E-state index in [1.165, 1.54) is 16.5 Å². The van der Waals surface area contributed by atoms with Gasteiger partial charge >= 0.3 is 0 Å². The van der Waals surface area contributed by atoms with Crippen LogP contribution in [0.5, 0.6) is 0 Å². The van der Waals surface area contributed by atoms with Gasteiger partial charge in [-0.25, -0.2) is 0 Å². The summed E-state index contributed by atoms with van der Waals surface area (Å²) in [5, 5.41) is 7.03. The lowest BCUT2D eigenvalue weighted by atomic mass is 9.92. The van der Waals surface area contributed by atoms with E-state index in [1.54, 1.807) is 26.0 Å². The molecule has 1 unspecified atom stereocenters. The number of benzene rings is 2. The van der Waals surface area contributed by atoms with Gasteiger partial charge in [-0.2, -0.15) is 0 Å². The molecule has 0 radical (unpaired) electrons. The van der Waals surface area contributed by atoms with Gasteiger partial charge in [-0.1, -0.05) is 74.3 Å². The number of likely N-dealkylation sites (tertiary alicyclic amines) is 1. The molecule has 0 spiro atoms. The van der Waals surface area contributed by atoms with Crippen LogP contribution >= 0.6 is 23.2 Å². The minimum Gasteiger partial charge on any atom is -0.350 e. The van der Waals surface area contributed by atoms with Crippen molar-refractivity contribution in [3.63, 3.8) is 0 Å². The molecule has 2 aliphatic rings. The number of nitrogens with zero attached hydrogens (tertiary/aromatic N) is 2. The van der Waals surface area contributed by atoms with Crippen molar-refractivity contribution in [2.75, 3.05) is 26.2 Å². The summed E-state index contributed by atoms with van der Waals surface area (Å²) in [4.78, 5) is 55.2. The average Bonchev–Trinajstić information content (AvgIpc) is 3.05. The Morgan fingerprint density at radius 1 is 1.10 bits per heavy atom. The molecule has 2 N–H and O–H groups in total. The molecule has 2 fully saturated rings. The largest absolute Gasteiger partial charge is 0.350 e. The Hall–Kier alpha value is -2.94. The third-order valence-corrected chi connectivity index (χ3v) is 8.79. The zero-order valence-corrected chi connectivity index (χ0v) is 25.3. The highest BCUT2D eigenvalue weighted by Gasteiger charge is 2.45. The van der Waals surface area contributed by atoms with Crippen LogP contribution in [0.3, 0.4) is 0 Å². The Balaban J connectivity index is 1.48. The van der Waals surface area contributed by atoms with Gasteiger partial charge in [0.2, 0.25) is 17.7 Å². The number of rotatable bonds is 10. The molecule has 2 aromatic carbocycles. The van der Waals surface area contributed by atoms with Crippen LogP contribution < -0.4 is 10.6 Å². The predicted octanol–water partition coefficient (Wildman–Crippen LogP) is 4.65. The van der Waals surface area contributed by atoms with E-state index in [4.69, 9.17) is 23.2 Å². The molecule has 0 aliphatic carbocycles. The van der Waals surface area contributed by atoms with Gasteiger partial charge in [0.15, 0.2) is 0 Å². The summed E-state index contributed by atoms with van der Waals surface area (Å²) in [5.74, 6) is -0.593. The number of hydrogen-bond acceptors (Lipinski definition) is 5. The van der Waals surface area contributed by atoms with Crippen molar-refractivity contribution in [3.05, 3.63) is 69.7 Å². The van der Waals surface area contributed by atoms with Crippen LogP contribution in [0.25, 0.3) is 0 Å². The molecule has 0 bridgehead atoms. The van der Waals surface area contributed by atoms with Gasteiger partial charge in [-0.15, -0.1) is 0 Å². The number of carbonyl (C=O) groups is 4. The minimum atomic E-state index is -0.731. The summed E-state index contributed by atoms with van der Waals surface area (Å²) in [6, 6.07) is 14.1. The maximum absolute atomic E-state index is 13.9. The zero-order chi connectivity index (χ0) is 29.7. The van der Waals surface area contributed by atoms with Crippen LogP contribution in [0.4, 0.5) is 0 Å². The lowest BCUT2D eigenvalue weighted by molar-refractivity contribution is -0.142. The van der Waals surface area contributed by atoms with Crippen LogP contribution in [-0.2, 0) is 14.4 Å². The molecule has 2 aromatic rings. The van der Waals surface area contributed by atoms with E-state index in [9.17, 15) is 19.2 Å². The van der Waals surface area contributed by atoms with E-state index in [0.29, 0.717) is 48.1 Å². The third-order valence-electron chi connectivity index (χ3n) is 8.05. The van der Waals surface area contributed by atoms with E-state index < -0.39 is 11.5 Å². The first kappa shape index (κ1) is 31.0. The van der Waals surface area contributed by atoms with Crippen molar-refractivity contribution < 1.29 is 19.2 Å². The molecule has 10 heteroatoms. The fourth-order valence-corrected chi connectivity index (χ4v) is 5.86. The van der Waals surface area contributed by atoms with Crippen LogP contribution in [-0.4, -0.2) is 71.7 Å². The van der Waals surface area contributed by atoms with Crippen LogP contribution in [0.2, 0.25) is 10.0 Å². The van der Waals surface area contributed by atoms with Gasteiger partial charge in [0.05, 0.1) is 21.5 Å². The van der Waals surface area contributed by atoms with Crippen molar-refractivity contribution in [1.29, 1.82) is 0 Å². The van der Waals surface area contributed by atoms with Gasteiger partial charge in [0.25, 0.3) is 5.91 Å². The summed E-state index contributed by atoms with van der Waals surface area (Å²) in [6.45, 7) is 7.19. The fraction of sp³-hybridized carbons (Fsp3) is 0.484. The summed E-state index contributed by atoms with van der Waals surface area (Å²) in [7, 11) is 0. The first-order valence-electron chi connectivity index (χ1n) is 14.2. The Labute approximate surface area is 251 Å². The van der Waals surface area contributed by atoms with E-state index in [-0.39, 0.29) is 48.6 Å². The van der Waals surface area contributed by atoms with Gasteiger partial charge in [0.1, 0.15) is 0 Å². The molecule has 41 heavy (non-hydrogen) atoms. The van der Waals surface area contributed by atoms with Gasteiger partial charge in [-0.05, 0) is 43.0 Å². The van der Waals surface area contributed by atoms with Crippen LogP contribution in [0, 0.1) is 5.41 Å². The molecule has 2 saturated heterocycles. The Morgan fingerprint density at radius 3 is 2.46 bits per heavy atom. The van der Waals surface area contributed by atoms with Crippen molar-refractivity contribution in [3.8, 4) is 0 Å². The second-order valence-electron chi connectivity index (χ2n) is 11.5. The number of hydrogen-bond donors (Lipinski definition) is 2. The molecule has 220 valence electrons. The predicted molar refractivity (Wildman–Crippen MR) is 160 cm³/mol. The number of nitrogens with one attached hydrogen (secondary N) is 2. The first-order valence-corrected chi connectivity index (χ1v) is 14.9. The highest BCUT2D eigenvalue weighted by Crippen LogP contribution is 2.32. The molecule has 2 heterocycles. The Morgan fingerprint density at radius 2 is 1.83 bits per heavy atom. The summed E-state index contributed by atoms with van der Waals surface area (Å²) in [5.41, 5.74) is 0.841. The molecule has 8 nitrogen and oxygen atoms in total. The van der Waals surface area contributed by atoms with Crippen molar-refractivity contribution in [1.82, 2.24) is 20.4 Å². The van der Waals surface area contributed by atoms with Crippen molar-refractivity contribution in [2.24, 2.45) is 5.41 Å². The molecule has 2 aliphatic heterocycles. The quantitative estimate of drug-likeness (QED) is 0.387. The molecular weight excluding hydrogens is 563 g/mol. The number of halogens is 2. The van der Waals surface area contributed by atoms with E-state index in [1.807, 2.05) is 23.1 Å². The minimum absolute atomic E-state index is 0.0592. The normalized spacial score (nSPS) is 21.6. The second kappa shape index (κ2) is 13.4. The van der Waals surface area contributed by atoms with Crippen LogP contribution in [0.1, 0.15) is 68.3 Å². The van der Waals surface area contributed by atoms with E-state index in [0.717, 1.165) is 6.42 Å². The molecular formula is C31H38Cl2N4O4. The summed E-state index contributed by atoms with van der Waals surface area (Å²) < 4.78 is 0. The maximum Gasteiger partial charge on any atom is 0.251 e. The molecule has 0 aromatic heterocycles. The van der Waals surface area contributed by atoms with Crippen molar-refractivity contribution in [2.45, 2.75) is 64.5 Å². The standard InChI is InChI=1S/C31H38Cl2N4O4/c1-4-20(21-8-6-5-7-9-21)19-36-14-12-23(18-34-28(39)22-10-11-24(32)25(33)16-22)35-26(29(36)40)13-15-37-27(38)17-31(2,3)30(37)41/h5-11,16,20,23,26,35H,4,12-15,17-19H2,1-3H3,(H,34,39)/t20?,23-,26-/m0/s1. The number of carbonyl (C=O) groups excluding carboxylic acids is 4. The summed E-state index contributed by atoms with van der Waals surface area (Å²) >= 11 is 12.1. The maximum atomic E-state index is 13.9.